The lowest BCUT2D eigenvalue weighted by molar-refractivity contribution is 0.0753. The van der Waals surface area contributed by atoms with Crippen LogP contribution in [0.2, 0.25) is 0 Å². The SMILES string of the molecule is CC1CN(C(=O)c2cc3ccccc3n2Cc2nn[nH]n2)CCS1. The zero-order valence-electron chi connectivity index (χ0n) is 13.3. The average Bonchev–Trinajstić information content (AvgIpc) is 3.23. The molecule has 1 amide bonds. The second-order valence-corrected chi connectivity index (χ2v) is 7.48. The van der Waals surface area contributed by atoms with Crippen LogP contribution < -0.4 is 0 Å². The Morgan fingerprint density at radius 2 is 2.29 bits per heavy atom. The Labute approximate surface area is 143 Å². The van der Waals surface area contributed by atoms with Crippen LogP contribution in [0.4, 0.5) is 0 Å². The molecule has 3 aromatic rings. The van der Waals surface area contributed by atoms with Crippen molar-refractivity contribution in [3.63, 3.8) is 0 Å². The minimum Gasteiger partial charge on any atom is -0.335 e. The Morgan fingerprint density at radius 1 is 1.42 bits per heavy atom. The van der Waals surface area contributed by atoms with Crippen molar-refractivity contribution in [1.82, 2.24) is 30.1 Å². The highest BCUT2D eigenvalue weighted by Crippen LogP contribution is 2.24. The topological polar surface area (TPSA) is 79.7 Å². The zero-order valence-corrected chi connectivity index (χ0v) is 14.2. The standard InChI is InChI=1S/C16H18N6OS/c1-11-9-21(6-7-24-11)16(23)14-8-12-4-2-3-5-13(12)22(14)10-15-17-19-20-18-15/h2-5,8,11H,6-7,9-10H2,1H3,(H,17,18,19,20). The number of nitrogens with one attached hydrogen (secondary N) is 1. The number of rotatable bonds is 3. The minimum absolute atomic E-state index is 0.0712. The first-order valence-electron chi connectivity index (χ1n) is 7.94. The van der Waals surface area contributed by atoms with Gasteiger partial charge in [-0.3, -0.25) is 4.79 Å². The second kappa shape index (κ2) is 6.27. The quantitative estimate of drug-likeness (QED) is 0.785. The molecule has 24 heavy (non-hydrogen) atoms. The minimum atomic E-state index is 0.0712. The third-order valence-electron chi connectivity index (χ3n) is 4.25. The summed E-state index contributed by atoms with van der Waals surface area (Å²) in [6.45, 7) is 4.16. The van der Waals surface area contributed by atoms with Gasteiger partial charge in [0.2, 0.25) is 0 Å². The Hall–Kier alpha value is -2.35. The lowest BCUT2D eigenvalue weighted by Crippen LogP contribution is -2.41. The van der Waals surface area contributed by atoms with E-state index in [1.165, 1.54) is 0 Å². The molecule has 0 radical (unpaired) electrons. The number of carbonyl (C=O) groups excluding carboxylic acids is 1. The molecule has 2 aromatic heterocycles. The number of benzene rings is 1. The molecule has 1 unspecified atom stereocenters. The molecule has 4 rings (SSSR count). The molecule has 0 saturated carbocycles. The summed E-state index contributed by atoms with van der Waals surface area (Å²) in [5, 5.41) is 15.6. The average molecular weight is 342 g/mol. The molecule has 3 heterocycles. The number of thioether (sulfide) groups is 1. The van der Waals surface area contributed by atoms with Crippen LogP contribution in [0.25, 0.3) is 10.9 Å². The van der Waals surface area contributed by atoms with Gasteiger partial charge < -0.3 is 9.47 Å². The summed E-state index contributed by atoms with van der Waals surface area (Å²) in [5.41, 5.74) is 1.69. The van der Waals surface area contributed by atoms with Gasteiger partial charge in [-0.05, 0) is 12.1 Å². The van der Waals surface area contributed by atoms with E-state index < -0.39 is 0 Å². The lowest BCUT2D eigenvalue weighted by Gasteiger charge is -2.30. The van der Waals surface area contributed by atoms with E-state index in [4.69, 9.17) is 0 Å². The molecule has 0 bridgehead atoms. The van der Waals surface area contributed by atoms with Crippen molar-refractivity contribution >= 4 is 28.6 Å². The van der Waals surface area contributed by atoms with E-state index in [0.717, 1.165) is 29.7 Å². The summed E-state index contributed by atoms with van der Waals surface area (Å²) >= 11 is 1.91. The molecular weight excluding hydrogens is 324 g/mol. The molecule has 1 aliphatic heterocycles. The zero-order chi connectivity index (χ0) is 16.5. The summed E-state index contributed by atoms with van der Waals surface area (Å²) in [4.78, 5) is 15.0. The number of hydrogen-bond acceptors (Lipinski definition) is 5. The molecule has 0 spiro atoms. The van der Waals surface area contributed by atoms with Crippen LogP contribution in [0.3, 0.4) is 0 Å². The van der Waals surface area contributed by atoms with Crippen molar-refractivity contribution in [2.75, 3.05) is 18.8 Å². The Kier molecular flexibility index (Phi) is 3.97. The third-order valence-corrected chi connectivity index (χ3v) is 5.38. The number of hydrogen-bond donors (Lipinski definition) is 1. The number of tetrazole rings is 1. The molecule has 7 nitrogen and oxygen atoms in total. The van der Waals surface area contributed by atoms with Crippen LogP contribution in [0.5, 0.6) is 0 Å². The fraction of sp³-hybridized carbons (Fsp3) is 0.375. The predicted molar refractivity (Wildman–Crippen MR) is 93.0 cm³/mol. The monoisotopic (exact) mass is 342 g/mol. The maximum atomic E-state index is 13.1. The summed E-state index contributed by atoms with van der Waals surface area (Å²) in [6, 6.07) is 9.95. The van der Waals surface area contributed by atoms with E-state index in [2.05, 4.69) is 27.5 Å². The van der Waals surface area contributed by atoms with Gasteiger partial charge in [0.15, 0.2) is 5.82 Å². The maximum Gasteiger partial charge on any atom is 0.270 e. The number of amides is 1. The normalized spacial score (nSPS) is 18.2. The Balaban J connectivity index is 1.74. The molecule has 0 aliphatic carbocycles. The van der Waals surface area contributed by atoms with Gasteiger partial charge in [-0.15, -0.1) is 10.2 Å². The molecule has 1 aliphatic rings. The highest BCUT2D eigenvalue weighted by molar-refractivity contribution is 7.99. The van der Waals surface area contributed by atoms with E-state index in [1.54, 1.807) is 0 Å². The van der Waals surface area contributed by atoms with Gasteiger partial charge in [0, 0.05) is 35.0 Å². The summed E-state index contributed by atoms with van der Waals surface area (Å²) in [6.07, 6.45) is 0. The fourth-order valence-electron chi connectivity index (χ4n) is 3.11. The first-order valence-corrected chi connectivity index (χ1v) is 8.99. The maximum absolute atomic E-state index is 13.1. The van der Waals surface area contributed by atoms with Gasteiger partial charge in [-0.1, -0.05) is 30.3 Å². The predicted octanol–water partition coefficient (Wildman–Crippen LogP) is 1.78. The van der Waals surface area contributed by atoms with Crippen LogP contribution in [0, 0.1) is 0 Å². The Bertz CT molecular complexity index is 859. The van der Waals surface area contributed by atoms with E-state index in [0.29, 0.717) is 23.3 Å². The second-order valence-electron chi connectivity index (χ2n) is 5.94. The van der Waals surface area contributed by atoms with E-state index in [1.807, 2.05) is 51.6 Å². The van der Waals surface area contributed by atoms with Crippen LogP contribution in [0.15, 0.2) is 30.3 Å². The van der Waals surface area contributed by atoms with Gasteiger partial charge in [0.1, 0.15) is 5.69 Å². The van der Waals surface area contributed by atoms with Crippen LogP contribution >= 0.6 is 11.8 Å². The first kappa shape index (κ1) is 15.2. The van der Waals surface area contributed by atoms with Crippen LogP contribution in [-0.4, -0.2) is 60.1 Å². The molecule has 1 saturated heterocycles. The van der Waals surface area contributed by atoms with E-state index in [-0.39, 0.29) is 5.91 Å². The van der Waals surface area contributed by atoms with Crippen molar-refractivity contribution in [1.29, 1.82) is 0 Å². The van der Waals surface area contributed by atoms with E-state index in [9.17, 15) is 4.79 Å². The molecule has 124 valence electrons. The number of H-pyrrole nitrogens is 1. The summed E-state index contributed by atoms with van der Waals surface area (Å²) < 4.78 is 1.98. The molecule has 1 N–H and O–H groups in total. The van der Waals surface area contributed by atoms with E-state index >= 15 is 0 Å². The smallest absolute Gasteiger partial charge is 0.270 e. The molecular formula is C16H18N6OS. The number of aromatic amines is 1. The number of aromatic nitrogens is 5. The number of para-hydroxylation sites is 1. The summed E-state index contributed by atoms with van der Waals surface area (Å²) in [5.74, 6) is 1.62. The molecule has 8 heteroatoms. The van der Waals surface area contributed by atoms with Gasteiger partial charge >= 0.3 is 0 Å². The van der Waals surface area contributed by atoms with Gasteiger partial charge in [0.05, 0.1) is 6.54 Å². The van der Waals surface area contributed by atoms with Crippen molar-refractivity contribution in [2.24, 2.45) is 0 Å². The van der Waals surface area contributed by atoms with Gasteiger partial charge in [-0.2, -0.15) is 17.0 Å². The van der Waals surface area contributed by atoms with Crippen molar-refractivity contribution in [3.05, 3.63) is 41.9 Å². The highest BCUT2D eigenvalue weighted by atomic mass is 32.2. The van der Waals surface area contributed by atoms with Gasteiger partial charge in [0.25, 0.3) is 5.91 Å². The third kappa shape index (κ3) is 2.77. The largest absolute Gasteiger partial charge is 0.335 e. The van der Waals surface area contributed by atoms with Crippen LogP contribution in [0.1, 0.15) is 23.2 Å². The number of carbonyl (C=O) groups is 1. The van der Waals surface area contributed by atoms with Crippen molar-refractivity contribution < 1.29 is 4.79 Å². The molecule has 1 atom stereocenters. The van der Waals surface area contributed by atoms with Crippen LogP contribution in [-0.2, 0) is 6.54 Å². The highest BCUT2D eigenvalue weighted by Gasteiger charge is 2.26. The molecule has 1 aromatic carbocycles. The Morgan fingerprint density at radius 3 is 3.08 bits per heavy atom. The number of nitrogens with zero attached hydrogens (tertiary/aromatic N) is 5. The van der Waals surface area contributed by atoms with Crippen molar-refractivity contribution in [3.8, 4) is 0 Å². The van der Waals surface area contributed by atoms with Crippen molar-refractivity contribution in [2.45, 2.75) is 18.7 Å². The summed E-state index contributed by atoms with van der Waals surface area (Å²) in [7, 11) is 0. The molecule has 1 fully saturated rings. The van der Waals surface area contributed by atoms with Gasteiger partial charge in [-0.25, -0.2) is 0 Å². The lowest BCUT2D eigenvalue weighted by atomic mass is 10.2. The fourth-order valence-corrected chi connectivity index (χ4v) is 4.13. The first-order chi connectivity index (χ1) is 11.7. The number of fused-ring (bicyclic) bond motifs is 1.